The van der Waals surface area contributed by atoms with E-state index in [4.69, 9.17) is 4.74 Å². The quantitative estimate of drug-likeness (QED) is 0.420. The number of nitrogens with zero attached hydrogens (tertiary/aromatic N) is 3. The van der Waals surface area contributed by atoms with Crippen molar-refractivity contribution in [3.63, 3.8) is 0 Å². The zero-order valence-corrected chi connectivity index (χ0v) is 21.0. The second-order valence-electron chi connectivity index (χ2n) is 9.35. The molecule has 180 valence electrons. The highest BCUT2D eigenvalue weighted by Gasteiger charge is 2.58. The molecular formula is C27H26BrN3O4. The molecule has 0 amide bonds. The number of rotatable bonds is 6. The van der Waals surface area contributed by atoms with E-state index in [9.17, 15) is 14.7 Å². The van der Waals surface area contributed by atoms with E-state index >= 15 is 0 Å². The van der Waals surface area contributed by atoms with Crippen molar-refractivity contribution in [1.82, 2.24) is 9.97 Å². The molecule has 2 aromatic heterocycles. The SMILES string of the molecule is Cc1cc2ccncc2c(Oc2ccc(C[C@H](N=C3C(Br)C(=O)C34CCCCC4)C(=O)O)cc2)n1. The molecule has 1 unspecified atom stereocenters. The molecule has 2 saturated carbocycles. The maximum atomic E-state index is 12.7. The molecule has 7 nitrogen and oxygen atoms in total. The van der Waals surface area contributed by atoms with Gasteiger partial charge in [0.2, 0.25) is 5.88 Å². The average Bonchev–Trinajstić information content (AvgIpc) is 2.87. The maximum Gasteiger partial charge on any atom is 0.328 e. The van der Waals surface area contributed by atoms with Crippen molar-refractivity contribution in [3.05, 3.63) is 60.0 Å². The lowest BCUT2D eigenvalue weighted by Crippen LogP contribution is -2.61. The van der Waals surface area contributed by atoms with Gasteiger partial charge in [-0.1, -0.05) is 47.3 Å². The van der Waals surface area contributed by atoms with Gasteiger partial charge in [0.15, 0.2) is 11.8 Å². The molecule has 5 rings (SSSR count). The Kier molecular flexibility index (Phi) is 6.40. The number of aryl methyl sites for hydroxylation is 1. The van der Waals surface area contributed by atoms with Crippen molar-refractivity contribution in [1.29, 1.82) is 0 Å². The molecular weight excluding hydrogens is 510 g/mol. The normalized spacial score (nSPS) is 21.1. The summed E-state index contributed by atoms with van der Waals surface area (Å²) in [7, 11) is 0. The van der Waals surface area contributed by atoms with Gasteiger partial charge in [-0.25, -0.2) is 9.78 Å². The summed E-state index contributed by atoms with van der Waals surface area (Å²) in [6.07, 6.45) is 8.29. The highest BCUT2D eigenvalue weighted by atomic mass is 79.9. The first-order valence-corrected chi connectivity index (χ1v) is 12.8. The number of alkyl halides is 1. The van der Waals surface area contributed by atoms with Gasteiger partial charge in [-0.05, 0) is 55.0 Å². The summed E-state index contributed by atoms with van der Waals surface area (Å²) in [5, 5.41) is 11.7. The summed E-state index contributed by atoms with van der Waals surface area (Å²) in [5.41, 5.74) is 1.82. The van der Waals surface area contributed by atoms with Crippen LogP contribution in [0.15, 0.2) is 53.8 Å². The van der Waals surface area contributed by atoms with Crippen LogP contribution in [0.1, 0.15) is 43.4 Å². The predicted octanol–water partition coefficient (Wildman–Crippen LogP) is 5.46. The predicted molar refractivity (Wildman–Crippen MR) is 137 cm³/mol. The minimum absolute atomic E-state index is 0.147. The molecule has 0 saturated heterocycles. The minimum atomic E-state index is -0.995. The largest absolute Gasteiger partial charge is 0.480 e. The van der Waals surface area contributed by atoms with E-state index in [1.807, 2.05) is 31.2 Å². The van der Waals surface area contributed by atoms with Gasteiger partial charge in [0, 0.05) is 30.2 Å². The molecule has 1 aromatic carbocycles. The summed E-state index contributed by atoms with van der Waals surface area (Å²) < 4.78 is 6.03. The fourth-order valence-corrected chi connectivity index (χ4v) is 6.15. The van der Waals surface area contributed by atoms with Crippen LogP contribution in [0.4, 0.5) is 0 Å². The third-order valence-electron chi connectivity index (χ3n) is 7.01. The van der Waals surface area contributed by atoms with Crippen molar-refractivity contribution in [2.75, 3.05) is 0 Å². The first-order valence-electron chi connectivity index (χ1n) is 11.8. The van der Waals surface area contributed by atoms with E-state index in [1.54, 1.807) is 24.5 Å². The van der Waals surface area contributed by atoms with Crippen LogP contribution in [-0.4, -0.2) is 43.4 Å². The summed E-state index contributed by atoms with van der Waals surface area (Å²) >= 11 is 3.43. The third kappa shape index (κ3) is 4.47. The Labute approximate surface area is 211 Å². The lowest BCUT2D eigenvalue weighted by Gasteiger charge is -2.47. The number of hydrogen-bond donors (Lipinski definition) is 1. The van der Waals surface area contributed by atoms with Crippen LogP contribution >= 0.6 is 15.9 Å². The van der Waals surface area contributed by atoms with Crippen LogP contribution in [0, 0.1) is 12.3 Å². The standard InChI is InChI=1S/C27H26BrN3O4/c1-16-13-18-9-12-29-15-20(18)25(30-16)35-19-7-5-17(6-8-19)14-21(26(33)34)31-23-22(28)24(32)27(23)10-3-2-4-11-27/h5-9,12-13,15,21-22H,2-4,10-11,14H2,1H3,(H,33,34)/t21-,22?/m0/s1. The van der Waals surface area contributed by atoms with Crippen molar-refractivity contribution in [3.8, 4) is 11.6 Å². The van der Waals surface area contributed by atoms with Gasteiger partial charge in [-0.3, -0.25) is 14.8 Å². The summed E-state index contributed by atoms with van der Waals surface area (Å²) in [5.74, 6) is 0.229. The van der Waals surface area contributed by atoms with E-state index in [0.29, 0.717) is 17.3 Å². The first kappa shape index (κ1) is 23.6. The third-order valence-corrected chi connectivity index (χ3v) is 7.86. The lowest BCUT2D eigenvalue weighted by atomic mass is 9.58. The van der Waals surface area contributed by atoms with Crippen LogP contribution in [-0.2, 0) is 16.0 Å². The van der Waals surface area contributed by atoms with Crippen molar-refractivity contribution in [2.24, 2.45) is 10.4 Å². The topological polar surface area (TPSA) is 102 Å². The Morgan fingerprint density at radius 2 is 1.97 bits per heavy atom. The monoisotopic (exact) mass is 535 g/mol. The average molecular weight is 536 g/mol. The molecule has 8 heteroatoms. The molecule has 1 spiro atoms. The molecule has 2 fully saturated rings. The molecule has 0 aliphatic heterocycles. The van der Waals surface area contributed by atoms with Gasteiger partial charge in [-0.15, -0.1) is 0 Å². The van der Waals surface area contributed by atoms with Crippen LogP contribution in [0.2, 0.25) is 0 Å². The van der Waals surface area contributed by atoms with Crippen LogP contribution in [0.3, 0.4) is 0 Å². The van der Waals surface area contributed by atoms with Crippen LogP contribution in [0.25, 0.3) is 10.8 Å². The number of halogens is 1. The Balaban J connectivity index is 1.34. The maximum absolute atomic E-state index is 12.7. The van der Waals surface area contributed by atoms with Gasteiger partial charge in [-0.2, -0.15) is 0 Å². The second-order valence-corrected chi connectivity index (χ2v) is 10.3. The van der Waals surface area contributed by atoms with Gasteiger partial charge < -0.3 is 9.84 Å². The number of hydrogen-bond acceptors (Lipinski definition) is 6. The summed E-state index contributed by atoms with van der Waals surface area (Å²) in [4.78, 5) is 37.5. The molecule has 0 radical (unpaired) electrons. The Bertz CT molecular complexity index is 1320. The van der Waals surface area contributed by atoms with E-state index in [2.05, 4.69) is 30.9 Å². The Morgan fingerprint density at radius 3 is 2.69 bits per heavy atom. The second kappa shape index (κ2) is 9.49. The molecule has 2 aliphatic rings. The van der Waals surface area contributed by atoms with E-state index < -0.39 is 22.3 Å². The van der Waals surface area contributed by atoms with E-state index in [1.165, 1.54) is 0 Å². The van der Waals surface area contributed by atoms with Crippen LogP contribution < -0.4 is 4.74 Å². The Hall–Kier alpha value is -3.13. The number of carboxylic acids is 1. The number of aromatic nitrogens is 2. The molecule has 3 aromatic rings. The van der Waals surface area contributed by atoms with Gasteiger partial charge in [0.1, 0.15) is 10.6 Å². The smallest absolute Gasteiger partial charge is 0.328 e. The number of fused-ring (bicyclic) bond motifs is 1. The zero-order chi connectivity index (χ0) is 24.6. The number of pyridine rings is 2. The van der Waals surface area contributed by atoms with Gasteiger partial charge in [0.25, 0.3) is 0 Å². The number of carbonyl (C=O) groups is 2. The molecule has 2 heterocycles. The van der Waals surface area contributed by atoms with Crippen molar-refractivity contribution >= 4 is 44.2 Å². The molecule has 35 heavy (non-hydrogen) atoms. The number of Topliss-reactive ketones (excluding diaryl/α,β-unsaturated/α-hetero) is 1. The zero-order valence-electron chi connectivity index (χ0n) is 19.4. The highest BCUT2D eigenvalue weighted by molar-refractivity contribution is 9.10. The molecule has 2 aliphatic carbocycles. The van der Waals surface area contributed by atoms with Gasteiger partial charge >= 0.3 is 5.97 Å². The number of aliphatic carboxylic acids is 1. The van der Waals surface area contributed by atoms with E-state index in [0.717, 1.165) is 54.1 Å². The van der Waals surface area contributed by atoms with Crippen LogP contribution in [0.5, 0.6) is 11.6 Å². The molecule has 2 atom stereocenters. The fourth-order valence-electron chi connectivity index (χ4n) is 5.15. The minimum Gasteiger partial charge on any atom is -0.480 e. The number of benzene rings is 1. The number of ether oxygens (including phenoxy) is 1. The summed E-state index contributed by atoms with van der Waals surface area (Å²) in [6.45, 7) is 1.91. The molecule has 0 bridgehead atoms. The lowest BCUT2D eigenvalue weighted by molar-refractivity contribution is -0.138. The first-order chi connectivity index (χ1) is 16.9. The Morgan fingerprint density at radius 1 is 1.23 bits per heavy atom. The number of ketones is 1. The van der Waals surface area contributed by atoms with Crippen molar-refractivity contribution in [2.45, 2.75) is 56.3 Å². The summed E-state index contributed by atoms with van der Waals surface area (Å²) in [6, 6.07) is 10.2. The van der Waals surface area contributed by atoms with Gasteiger partial charge in [0.05, 0.1) is 10.8 Å². The molecule has 1 N–H and O–H groups in total. The number of carboxylic acid groups (broad SMARTS) is 1. The highest BCUT2D eigenvalue weighted by Crippen LogP contribution is 2.49. The number of carbonyl (C=O) groups excluding carboxylic acids is 1. The van der Waals surface area contributed by atoms with E-state index in [-0.39, 0.29) is 12.2 Å². The number of aliphatic imine (C=N–C) groups is 1. The van der Waals surface area contributed by atoms with Crippen molar-refractivity contribution < 1.29 is 19.4 Å². The fraction of sp³-hybridized carbons (Fsp3) is 0.370.